The van der Waals surface area contributed by atoms with Gasteiger partial charge in [-0.3, -0.25) is 4.79 Å². The Labute approximate surface area is 119 Å². The van der Waals surface area contributed by atoms with Crippen LogP contribution < -0.4 is 5.32 Å². The van der Waals surface area contributed by atoms with Crippen molar-refractivity contribution in [3.05, 3.63) is 32.7 Å². The molecule has 0 aliphatic carbocycles. The third-order valence-electron chi connectivity index (χ3n) is 2.82. The lowest BCUT2D eigenvalue weighted by Gasteiger charge is -2.28. The molecule has 1 unspecified atom stereocenters. The maximum Gasteiger partial charge on any atom is 0.252 e. The SMILES string of the molecule is CC(NC(=O)c1cc(Br)ccc1Br)C(C)(C)C. The van der Waals surface area contributed by atoms with Gasteiger partial charge in [0, 0.05) is 15.0 Å². The van der Waals surface area contributed by atoms with Gasteiger partial charge in [-0.2, -0.15) is 0 Å². The number of rotatable bonds is 2. The highest BCUT2D eigenvalue weighted by Gasteiger charge is 2.22. The van der Waals surface area contributed by atoms with Crippen LogP contribution in [0.15, 0.2) is 27.1 Å². The predicted molar refractivity (Wildman–Crippen MR) is 78.2 cm³/mol. The molecule has 1 N–H and O–H groups in total. The fourth-order valence-corrected chi connectivity index (χ4v) is 1.95. The first-order valence-corrected chi connectivity index (χ1v) is 7.06. The van der Waals surface area contributed by atoms with E-state index in [2.05, 4.69) is 57.9 Å². The van der Waals surface area contributed by atoms with Gasteiger partial charge >= 0.3 is 0 Å². The maximum absolute atomic E-state index is 12.1. The summed E-state index contributed by atoms with van der Waals surface area (Å²) in [5.41, 5.74) is 0.698. The Kier molecular flexibility index (Phi) is 4.78. The third kappa shape index (κ3) is 4.11. The molecular formula is C13H17Br2NO. The summed E-state index contributed by atoms with van der Waals surface area (Å²) in [7, 11) is 0. The minimum absolute atomic E-state index is 0.0498. The van der Waals surface area contributed by atoms with Gasteiger partial charge in [-0.15, -0.1) is 0 Å². The van der Waals surface area contributed by atoms with Gasteiger partial charge in [-0.05, 0) is 46.5 Å². The van der Waals surface area contributed by atoms with E-state index in [0.717, 1.165) is 8.95 Å². The van der Waals surface area contributed by atoms with Crippen molar-refractivity contribution in [2.45, 2.75) is 33.7 Å². The summed E-state index contributed by atoms with van der Waals surface area (Å²) >= 11 is 6.76. The van der Waals surface area contributed by atoms with E-state index >= 15 is 0 Å². The second kappa shape index (κ2) is 5.53. The molecule has 94 valence electrons. The molecule has 1 aromatic carbocycles. The molecule has 0 aromatic heterocycles. The summed E-state index contributed by atoms with van der Waals surface area (Å²) < 4.78 is 1.70. The van der Waals surface area contributed by atoms with Crippen molar-refractivity contribution in [3.8, 4) is 0 Å². The normalized spacial score (nSPS) is 13.3. The van der Waals surface area contributed by atoms with Gasteiger partial charge in [-0.25, -0.2) is 0 Å². The Morgan fingerprint density at radius 3 is 2.41 bits per heavy atom. The molecule has 0 radical (unpaired) electrons. The topological polar surface area (TPSA) is 29.1 Å². The molecule has 1 amide bonds. The van der Waals surface area contributed by atoms with Crippen molar-refractivity contribution >= 4 is 37.8 Å². The van der Waals surface area contributed by atoms with Gasteiger partial charge in [0.25, 0.3) is 5.91 Å². The quantitative estimate of drug-likeness (QED) is 0.831. The van der Waals surface area contributed by atoms with Crippen LogP contribution in [0.25, 0.3) is 0 Å². The lowest BCUT2D eigenvalue weighted by atomic mass is 9.88. The van der Waals surface area contributed by atoms with Crippen molar-refractivity contribution < 1.29 is 4.79 Å². The molecule has 0 aliphatic heterocycles. The molecule has 2 nitrogen and oxygen atoms in total. The van der Waals surface area contributed by atoms with E-state index in [1.54, 1.807) is 0 Å². The first kappa shape index (κ1) is 14.7. The molecule has 0 fully saturated rings. The fraction of sp³-hybridized carbons (Fsp3) is 0.462. The van der Waals surface area contributed by atoms with E-state index in [1.807, 2.05) is 25.1 Å². The molecule has 0 saturated carbocycles. The van der Waals surface area contributed by atoms with Gasteiger partial charge in [0.1, 0.15) is 0 Å². The van der Waals surface area contributed by atoms with Crippen LogP contribution in [0.4, 0.5) is 0 Å². The molecule has 1 rings (SSSR count). The molecule has 1 atom stereocenters. The molecule has 0 spiro atoms. The number of carbonyl (C=O) groups is 1. The average Bonchev–Trinajstić information content (AvgIpc) is 2.20. The van der Waals surface area contributed by atoms with E-state index in [0.29, 0.717) is 5.56 Å². The summed E-state index contributed by atoms with van der Waals surface area (Å²) in [6, 6.07) is 5.68. The highest BCUT2D eigenvalue weighted by Crippen LogP contribution is 2.23. The van der Waals surface area contributed by atoms with Crippen LogP contribution in [0.5, 0.6) is 0 Å². The van der Waals surface area contributed by atoms with Gasteiger partial charge in [0.05, 0.1) is 5.56 Å². The van der Waals surface area contributed by atoms with Crippen molar-refractivity contribution in [1.82, 2.24) is 5.32 Å². The Balaban J connectivity index is 2.87. The highest BCUT2D eigenvalue weighted by molar-refractivity contribution is 9.11. The summed E-state index contributed by atoms with van der Waals surface area (Å²) in [5.74, 6) is -0.0550. The Morgan fingerprint density at radius 1 is 1.29 bits per heavy atom. The van der Waals surface area contributed by atoms with Crippen LogP contribution in [0.1, 0.15) is 38.1 Å². The second-order valence-electron chi connectivity index (χ2n) is 5.19. The zero-order valence-corrected chi connectivity index (χ0v) is 13.6. The number of nitrogens with one attached hydrogen (secondary N) is 1. The summed E-state index contributed by atoms with van der Waals surface area (Å²) in [6.07, 6.45) is 0. The number of benzene rings is 1. The molecule has 0 heterocycles. The molecule has 4 heteroatoms. The average molecular weight is 363 g/mol. The van der Waals surface area contributed by atoms with Crippen molar-refractivity contribution in [1.29, 1.82) is 0 Å². The number of amides is 1. The number of hydrogen-bond donors (Lipinski definition) is 1. The molecule has 17 heavy (non-hydrogen) atoms. The first-order valence-electron chi connectivity index (χ1n) is 5.47. The van der Waals surface area contributed by atoms with Crippen LogP contribution in [0, 0.1) is 5.41 Å². The van der Waals surface area contributed by atoms with Crippen LogP contribution in [-0.4, -0.2) is 11.9 Å². The maximum atomic E-state index is 12.1. The minimum Gasteiger partial charge on any atom is -0.349 e. The van der Waals surface area contributed by atoms with E-state index in [9.17, 15) is 4.79 Å². The number of halogens is 2. The van der Waals surface area contributed by atoms with E-state index in [1.165, 1.54) is 0 Å². The van der Waals surface area contributed by atoms with Crippen molar-refractivity contribution in [2.75, 3.05) is 0 Å². The lowest BCUT2D eigenvalue weighted by molar-refractivity contribution is 0.0909. The lowest BCUT2D eigenvalue weighted by Crippen LogP contribution is -2.41. The van der Waals surface area contributed by atoms with E-state index in [-0.39, 0.29) is 17.4 Å². The van der Waals surface area contributed by atoms with Gasteiger partial charge in [0.2, 0.25) is 0 Å². The van der Waals surface area contributed by atoms with Crippen molar-refractivity contribution in [3.63, 3.8) is 0 Å². The van der Waals surface area contributed by atoms with Gasteiger partial charge in [-0.1, -0.05) is 36.7 Å². The molecular weight excluding hydrogens is 346 g/mol. The van der Waals surface area contributed by atoms with Crippen LogP contribution in [0.2, 0.25) is 0 Å². The molecule has 0 bridgehead atoms. The number of carbonyl (C=O) groups excluding carboxylic acids is 1. The molecule has 0 aliphatic rings. The second-order valence-corrected chi connectivity index (χ2v) is 6.96. The summed E-state index contributed by atoms with van der Waals surface area (Å²) in [4.78, 5) is 12.1. The standard InChI is InChI=1S/C13H17Br2NO/c1-8(13(2,3)4)16-12(17)10-7-9(14)5-6-11(10)15/h5-8H,1-4H3,(H,16,17). The van der Waals surface area contributed by atoms with Crippen LogP contribution in [0.3, 0.4) is 0 Å². The van der Waals surface area contributed by atoms with Gasteiger partial charge in [0.15, 0.2) is 0 Å². The summed E-state index contributed by atoms with van der Waals surface area (Å²) in [6.45, 7) is 8.33. The first-order chi connectivity index (χ1) is 7.71. The van der Waals surface area contributed by atoms with E-state index in [4.69, 9.17) is 0 Å². The minimum atomic E-state index is -0.0550. The van der Waals surface area contributed by atoms with Crippen molar-refractivity contribution in [2.24, 2.45) is 5.41 Å². The zero-order chi connectivity index (χ0) is 13.2. The predicted octanol–water partition coefficient (Wildman–Crippen LogP) is 4.38. The number of hydrogen-bond acceptors (Lipinski definition) is 1. The fourth-order valence-electron chi connectivity index (χ4n) is 1.16. The Morgan fingerprint density at radius 2 is 1.88 bits per heavy atom. The van der Waals surface area contributed by atoms with E-state index < -0.39 is 0 Å². The smallest absolute Gasteiger partial charge is 0.252 e. The van der Waals surface area contributed by atoms with Gasteiger partial charge < -0.3 is 5.32 Å². The Hall–Kier alpha value is -0.350. The van der Waals surface area contributed by atoms with Crippen LogP contribution >= 0.6 is 31.9 Å². The largest absolute Gasteiger partial charge is 0.349 e. The Bertz CT molecular complexity index is 424. The van der Waals surface area contributed by atoms with Crippen LogP contribution in [-0.2, 0) is 0 Å². The molecule has 0 saturated heterocycles. The highest BCUT2D eigenvalue weighted by atomic mass is 79.9. The summed E-state index contributed by atoms with van der Waals surface area (Å²) in [5, 5.41) is 3.01. The zero-order valence-electron chi connectivity index (χ0n) is 10.5. The molecule has 1 aromatic rings. The third-order valence-corrected chi connectivity index (χ3v) is 4.00. The monoisotopic (exact) mass is 361 g/mol.